The van der Waals surface area contributed by atoms with Crippen molar-refractivity contribution < 1.29 is 54.1 Å². The zero-order valence-corrected chi connectivity index (χ0v) is 22.2. The highest BCUT2D eigenvalue weighted by molar-refractivity contribution is 5.89. The van der Waals surface area contributed by atoms with Gasteiger partial charge in [-0.2, -0.15) is 5.26 Å². The highest BCUT2D eigenvalue weighted by Crippen LogP contribution is 2.34. The van der Waals surface area contributed by atoms with Gasteiger partial charge in [0.1, 0.15) is 36.6 Å². The molecule has 0 spiro atoms. The van der Waals surface area contributed by atoms with Gasteiger partial charge < -0.3 is 44.5 Å². The number of nitriles is 1. The average Bonchev–Trinajstić information content (AvgIpc) is 3.01. The quantitative estimate of drug-likeness (QED) is 0.162. The molecule has 9 atom stereocenters. The molecule has 2 aromatic carbocycles. The fourth-order valence-electron chi connectivity index (χ4n) is 4.73. The van der Waals surface area contributed by atoms with E-state index in [-0.39, 0.29) is 17.6 Å². The second kappa shape index (κ2) is 14.3. The molecule has 0 unspecified atom stereocenters. The summed E-state index contributed by atoms with van der Waals surface area (Å²) in [7, 11) is 0. The fraction of sp³-hybridized carbons (Fsp3) is 0.367. The van der Waals surface area contributed by atoms with Crippen LogP contribution in [0.1, 0.15) is 22.3 Å². The summed E-state index contributed by atoms with van der Waals surface area (Å²) in [6.07, 6.45) is -10.4. The van der Waals surface area contributed by atoms with E-state index in [0.717, 1.165) is 12.2 Å². The Labute approximate surface area is 241 Å². The maximum Gasteiger partial charge on any atom is 0.338 e. The van der Waals surface area contributed by atoms with E-state index < -0.39 is 73.7 Å². The van der Waals surface area contributed by atoms with Crippen LogP contribution < -0.4 is 0 Å². The van der Waals surface area contributed by atoms with E-state index in [0.29, 0.717) is 5.56 Å². The Morgan fingerprint density at radius 2 is 1.62 bits per heavy atom. The minimum absolute atomic E-state index is 0.0775. The molecule has 2 aliphatic rings. The van der Waals surface area contributed by atoms with Crippen LogP contribution in [-0.2, 0) is 23.7 Å². The Kier molecular flexibility index (Phi) is 10.6. The molecule has 12 nitrogen and oxygen atoms in total. The Bertz CT molecular complexity index is 1310. The third-order valence-electron chi connectivity index (χ3n) is 6.95. The van der Waals surface area contributed by atoms with Gasteiger partial charge in [-0.3, -0.25) is 0 Å². The molecule has 0 radical (unpaired) electrons. The second-order valence-electron chi connectivity index (χ2n) is 9.73. The van der Waals surface area contributed by atoms with E-state index in [1.165, 1.54) is 18.2 Å². The highest BCUT2D eigenvalue weighted by atomic mass is 16.7. The molecule has 42 heavy (non-hydrogen) atoms. The molecular weight excluding hydrogens is 550 g/mol. The summed E-state index contributed by atoms with van der Waals surface area (Å²) in [6.45, 7) is -0.704. The molecular formula is C30H31NO11. The van der Waals surface area contributed by atoms with Crippen molar-refractivity contribution in [3.63, 3.8) is 0 Å². The normalized spacial score (nSPS) is 32.3. The summed E-state index contributed by atoms with van der Waals surface area (Å²) in [5.74, 6) is -1.64. The molecule has 5 N–H and O–H groups in total. The van der Waals surface area contributed by atoms with Gasteiger partial charge in [0.15, 0.2) is 12.4 Å². The van der Waals surface area contributed by atoms with Crippen LogP contribution in [-0.4, -0.2) is 99.2 Å². The Morgan fingerprint density at radius 1 is 0.952 bits per heavy atom. The number of nitrogens with zero attached hydrogens (tertiary/aromatic N) is 1. The lowest BCUT2D eigenvalue weighted by Gasteiger charge is -2.44. The largest absolute Gasteiger partial charge is 0.455 e. The summed E-state index contributed by atoms with van der Waals surface area (Å²) in [6, 6.07) is 18.6. The van der Waals surface area contributed by atoms with Crippen LogP contribution in [0.4, 0.5) is 0 Å². The van der Waals surface area contributed by atoms with Crippen molar-refractivity contribution in [2.75, 3.05) is 6.61 Å². The predicted octanol–water partition coefficient (Wildman–Crippen LogP) is 0.237. The summed E-state index contributed by atoms with van der Waals surface area (Å²) < 4.78 is 22.4. The van der Waals surface area contributed by atoms with Crippen molar-refractivity contribution in [3.05, 3.63) is 89.5 Å². The summed E-state index contributed by atoms with van der Waals surface area (Å²) in [5, 5.41) is 60.9. The summed E-state index contributed by atoms with van der Waals surface area (Å²) in [5.41, 5.74) is 0.820. The van der Waals surface area contributed by atoms with Crippen LogP contribution in [0.25, 0.3) is 6.08 Å². The first-order valence-corrected chi connectivity index (χ1v) is 13.2. The molecule has 12 heteroatoms. The van der Waals surface area contributed by atoms with E-state index >= 15 is 0 Å². The molecule has 2 fully saturated rings. The molecule has 1 aliphatic heterocycles. The third-order valence-corrected chi connectivity index (χ3v) is 6.95. The van der Waals surface area contributed by atoms with Crippen LogP contribution >= 0.6 is 0 Å². The maximum absolute atomic E-state index is 13.0. The standard InChI is InChI=1S/C30H31NO11/c31-14-13-19-20(40-30-27(37)26(36)25(35)22(16-32)41-30)15-21(39-29(38)18-9-5-2-6-10-18)28(24(19)34)42-23(33)12-11-17-7-3-1-4-8-17/h1-13,20-22,24-28,30,32,34-37H,15-16H2/t20-,21+,22-,24+,25-,26+,27-,28+,30-/m1/s1. The van der Waals surface area contributed by atoms with Crippen LogP contribution in [0.2, 0.25) is 0 Å². The number of rotatable bonds is 8. The first-order chi connectivity index (χ1) is 20.2. The molecule has 1 saturated carbocycles. The topological polar surface area (TPSA) is 196 Å². The van der Waals surface area contributed by atoms with Crippen molar-refractivity contribution in [3.8, 4) is 6.07 Å². The van der Waals surface area contributed by atoms with Crippen molar-refractivity contribution in [2.45, 2.75) is 61.5 Å². The van der Waals surface area contributed by atoms with Gasteiger partial charge in [0.2, 0.25) is 0 Å². The molecule has 4 rings (SSSR count). The number of carbonyl (C=O) groups is 2. The van der Waals surface area contributed by atoms with Crippen LogP contribution in [0.15, 0.2) is 78.4 Å². The van der Waals surface area contributed by atoms with Gasteiger partial charge in [-0.05, 0) is 23.8 Å². The Morgan fingerprint density at radius 3 is 2.26 bits per heavy atom. The number of carbonyl (C=O) groups excluding carboxylic acids is 2. The van der Waals surface area contributed by atoms with Gasteiger partial charge in [-0.15, -0.1) is 0 Å². The highest BCUT2D eigenvalue weighted by Gasteiger charge is 2.49. The summed E-state index contributed by atoms with van der Waals surface area (Å²) >= 11 is 0. The first-order valence-electron chi connectivity index (χ1n) is 13.2. The molecule has 222 valence electrons. The molecule has 0 amide bonds. The predicted molar refractivity (Wildman–Crippen MR) is 144 cm³/mol. The van der Waals surface area contributed by atoms with E-state index in [1.807, 2.05) is 6.07 Å². The molecule has 1 saturated heterocycles. The minimum Gasteiger partial charge on any atom is -0.455 e. The first kappa shape index (κ1) is 31.0. The van der Waals surface area contributed by atoms with E-state index in [1.54, 1.807) is 48.5 Å². The van der Waals surface area contributed by atoms with Gasteiger partial charge in [0, 0.05) is 24.1 Å². The van der Waals surface area contributed by atoms with Gasteiger partial charge in [-0.1, -0.05) is 48.5 Å². The van der Waals surface area contributed by atoms with Crippen LogP contribution in [0.5, 0.6) is 0 Å². The van der Waals surface area contributed by atoms with Gasteiger partial charge >= 0.3 is 11.9 Å². The maximum atomic E-state index is 13.0. The van der Waals surface area contributed by atoms with Crippen molar-refractivity contribution >= 4 is 18.0 Å². The average molecular weight is 582 g/mol. The van der Waals surface area contributed by atoms with Crippen LogP contribution in [0.3, 0.4) is 0 Å². The molecule has 1 heterocycles. The number of benzene rings is 2. The van der Waals surface area contributed by atoms with Gasteiger partial charge in [0.25, 0.3) is 0 Å². The van der Waals surface area contributed by atoms with Gasteiger partial charge in [-0.25, -0.2) is 9.59 Å². The lowest BCUT2D eigenvalue weighted by molar-refractivity contribution is -0.312. The second-order valence-corrected chi connectivity index (χ2v) is 9.73. The Balaban J connectivity index is 1.60. The monoisotopic (exact) mass is 581 g/mol. The van der Waals surface area contributed by atoms with E-state index in [4.69, 9.17) is 18.9 Å². The lowest BCUT2D eigenvalue weighted by Crippen LogP contribution is -2.61. The van der Waals surface area contributed by atoms with E-state index in [9.17, 15) is 40.4 Å². The van der Waals surface area contributed by atoms with Crippen LogP contribution in [0, 0.1) is 11.3 Å². The van der Waals surface area contributed by atoms with Crippen molar-refractivity contribution in [1.29, 1.82) is 5.26 Å². The Hall–Kier alpha value is -3.93. The number of ether oxygens (including phenoxy) is 4. The fourth-order valence-corrected chi connectivity index (χ4v) is 4.73. The summed E-state index contributed by atoms with van der Waals surface area (Å²) in [4.78, 5) is 25.7. The molecule has 1 aliphatic carbocycles. The SMILES string of the molecule is N#CC=C1[C@H](O[C@@H]2O[C@H](CO)[C@@H](O)[C@H](O)[C@H]2O)C[C@H](OC(=O)c2ccccc2)[C@H](OC(=O)C=Cc2ccccc2)[C@H]1O. The molecule has 2 aromatic rings. The number of allylic oxidation sites excluding steroid dienone is 1. The number of hydrogen-bond donors (Lipinski definition) is 5. The zero-order valence-electron chi connectivity index (χ0n) is 22.2. The van der Waals surface area contributed by atoms with Crippen molar-refractivity contribution in [1.82, 2.24) is 0 Å². The molecule has 0 bridgehead atoms. The smallest absolute Gasteiger partial charge is 0.338 e. The zero-order chi connectivity index (χ0) is 30.2. The van der Waals surface area contributed by atoms with Gasteiger partial charge in [0.05, 0.1) is 24.3 Å². The number of hydrogen-bond acceptors (Lipinski definition) is 12. The lowest BCUT2D eigenvalue weighted by atomic mass is 9.84. The van der Waals surface area contributed by atoms with E-state index in [2.05, 4.69) is 0 Å². The number of esters is 2. The number of aliphatic hydroxyl groups is 5. The molecule has 0 aromatic heterocycles. The van der Waals surface area contributed by atoms with Crippen molar-refractivity contribution in [2.24, 2.45) is 0 Å². The third kappa shape index (κ3) is 7.28. The number of aliphatic hydroxyl groups excluding tert-OH is 5. The minimum atomic E-state index is -1.77.